The van der Waals surface area contributed by atoms with Crippen LogP contribution in [-0.2, 0) is 0 Å². The number of aromatic nitrogens is 1. The zero-order valence-electron chi connectivity index (χ0n) is 12.4. The second-order valence-corrected chi connectivity index (χ2v) is 6.15. The fourth-order valence-corrected chi connectivity index (χ4v) is 2.95. The van der Waals surface area contributed by atoms with Gasteiger partial charge < -0.3 is 10.6 Å². The summed E-state index contributed by atoms with van der Waals surface area (Å²) in [5, 5.41) is 7.48. The highest BCUT2D eigenvalue weighted by molar-refractivity contribution is 6.05. The summed E-state index contributed by atoms with van der Waals surface area (Å²) >= 11 is 0. The molecule has 0 spiro atoms. The number of carbonyl (C=O) groups excluding carboxylic acids is 1. The normalized spacial score (nSPS) is 22.1. The highest BCUT2D eigenvalue weighted by atomic mass is 16.1. The van der Waals surface area contributed by atoms with Gasteiger partial charge in [0.15, 0.2) is 0 Å². The molecular weight excluding hydrogens is 262 g/mol. The molecule has 1 aromatic heterocycles. The molecule has 110 valence electrons. The Balaban J connectivity index is 1.75. The molecule has 2 heterocycles. The first-order valence-corrected chi connectivity index (χ1v) is 7.51. The molecule has 2 N–H and O–H groups in total. The van der Waals surface area contributed by atoms with Crippen LogP contribution in [0.15, 0.2) is 36.5 Å². The largest absolute Gasteiger partial charge is 0.351 e. The van der Waals surface area contributed by atoms with E-state index in [1.165, 1.54) is 6.42 Å². The lowest BCUT2D eigenvalue weighted by molar-refractivity contribution is 0.0926. The van der Waals surface area contributed by atoms with Crippen molar-refractivity contribution in [3.05, 3.63) is 42.1 Å². The molecule has 4 heteroatoms. The van der Waals surface area contributed by atoms with Gasteiger partial charge in [-0.05, 0) is 36.9 Å². The van der Waals surface area contributed by atoms with Crippen LogP contribution in [0.1, 0.15) is 30.1 Å². The summed E-state index contributed by atoms with van der Waals surface area (Å²) in [6.07, 6.45) is 4.04. The van der Waals surface area contributed by atoms with E-state index in [0.29, 0.717) is 12.1 Å². The first-order chi connectivity index (χ1) is 10.2. The number of hydrogen-bond acceptors (Lipinski definition) is 3. The number of rotatable bonds is 3. The molecule has 0 aliphatic carbocycles. The van der Waals surface area contributed by atoms with Crippen molar-refractivity contribution in [2.24, 2.45) is 5.41 Å². The number of carbonyl (C=O) groups is 1. The van der Waals surface area contributed by atoms with Crippen LogP contribution >= 0.6 is 0 Å². The smallest absolute Gasteiger partial charge is 0.253 e. The van der Waals surface area contributed by atoms with Gasteiger partial charge in [0.05, 0.1) is 11.1 Å². The van der Waals surface area contributed by atoms with Crippen molar-refractivity contribution in [3.63, 3.8) is 0 Å². The van der Waals surface area contributed by atoms with Crippen molar-refractivity contribution in [2.45, 2.75) is 19.8 Å². The van der Waals surface area contributed by atoms with Gasteiger partial charge in [-0.1, -0.05) is 25.1 Å². The number of amides is 1. The number of pyridine rings is 1. The lowest BCUT2D eigenvalue weighted by atomic mass is 9.83. The second-order valence-electron chi connectivity index (χ2n) is 6.15. The lowest BCUT2D eigenvalue weighted by Crippen LogP contribution is -2.45. The van der Waals surface area contributed by atoms with Crippen LogP contribution in [0.25, 0.3) is 10.9 Å². The average molecular weight is 283 g/mol. The van der Waals surface area contributed by atoms with Crippen LogP contribution in [0.3, 0.4) is 0 Å². The standard InChI is InChI=1S/C17H21N3O/c1-17(8-4-9-18-11-17)12-20-16(21)14-7-2-5-13-6-3-10-19-15(13)14/h2-3,5-7,10,18H,4,8-9,11-12H2,1H3,(H,20,21). The molecule has 1 fully saturated rings. The number of benzene rings is 1. The van der Waals surface area contributed by atoms with E-state index >= 15 is 0 Å². The summed E-state index contributed by atoms with van der Waals surface area (Å²) < 4.78 is 0. The van der Waals surface area contributed by atoms with Gasteiger partial charge in [-0.15, -0.1) is 0 Å². The average Bonchev–Trinajstić information content (AvgIpc) is 2.53. The summed E-state index contributed by atoms with van der Waals surface area (Å²) in [5.74, 6) is -0.0360. The van der Waals surface area contributed by atoms with Crippen molar-refractivity contribution < 1.29 is 4.79 Å². The van der Waals surface area contributed by atoms with Crippen molar-refractivity contribution in [3.8, 4) is 0 Å². The van der Waals surface area contributed by atoms with Gasteiger partial charge in [-0.25, -0.2) is 0 Å². The predicted molar refractivity (Wildman–Crippen MR) is 84.3 cm³/mol. The number of fused-ring (bicyclic) bond motifs is 1. The van der Waals surface area contributed by atoms with E-state index in [2.05, 4.69) is 22.5 Å². The van der Waals surface area contributed by atoms with Crippen LogP contribution in [0.2, 0.25) is 0 Å². The maximum atomic E-state index is 12.5. The van der Waals surface area contributed by atoms with Crippen LogP contribution in [0, 0.1) is 5.41 Å². The van der Waals surface area contributed by atoms with Gasteiger partial charge in [0.1, 0.15) is 0 Å². The van der Waals surface area contributed by atoms with E-state index in [1.54, 1.807) is 6.20 Å². The van der Waals surface area contributed by atoms with E-state index in [4.69, 9.17) is 0 Å². The molecule has 1 aromatic carbocycles. The molecule has 1 amide bonds. The molecule has 1 aliphatic heterocycles. The minimum atomic E-state index is -0.0360. The van der Waals surface area contributed by atoms with E-state index < -0.39 is 0 Å². The molecule has 3 rings (SSSR count). The SMILES string of the molecule is CC1(CNC(=O)c2cccc3cccnc23)CCCNC1. The number of para-hydroxylation sites is 1. The molecule has 21 heavy (non-hydrogen) atoms. The Labute approximate surface area is 125 Å². The molecule has 0 bridgehead atoms. The second kappa shape index (κ2) is 5.82. The fraction of sp³-hybridized carbons (Fsp3) is 0.412. The van der Waals surface area contributed by atoms with E-state index in [-0.39, 0.29) is 11.3 Å². The highest BCUT2D eigenvalue weighted by Crippen LogP contribution is 2.24. The van der Waals surface area contributed by atoms with E-state index in [0.717, 1.165) is 30.4 Å². The summed E-state index contributed by atoms with van der Waals surface area (Å²) in [6, 6.07) is 9.59. The topological polar surface area (TPSA) is 54.0 Å². The van der Waals surface area contributed by atoms with Crippen LogP contribution in [-0.4, -0.2) is 30.5 Å². The van der Waals surface area contributed by atoms with Gasteiger partial charge in [0, 0.05) is 24.7 Å². The van der Waals surface area contributed by atoms with Crippen LogP contribution in [0.4, 0.5) is 0 Å². The maximum Gasteiger partial charge on any atom is 0.253 e. The number of nitrogens with zero attached hydrogens (tertiary/aromatic N) is 1. The molecule has 0 radical (unpaired) electrons. The molecule has 4 nitrogen and oxygen atoms in total. The molecule has 0 saturated carbocycles. The molecule has 1 aliphatic rings. The zero-order valence-corrected chi connectivity index (χ0v) is 12.4. The molecule has 2 aromatic rings. The van der Waals surface area contributed by atoms with Gasteiger partial charge in [-0.2, -0.15) is 0 Å². The molecule has 1 atom stereocenters. The lowest BCUT2D eigenvalue weighted by Gasteiger charge is -2.34. The van der Waals surface area contributed by atoms with Crippen molar-refractivity contribution in [2.75, 3.05) is 19.6 Å². The third kappa shape index (κ3) is 3.05. The summed E-state index contributed by atoms with van der Waals surface area (Å²) in [4.78, 5) is 16.8. The molecule has 1 saturated heterocycles. The fourth-order valence-electron chi connectivity index (χ4n) is 2.95. The summed E-state index contributed by atoms with van der Waals surface area (Å²) in [6.45, 7) is 4.96. The third-order valence-corrected chi connectivity index (χ3v) is 4.24. The Kier molecular flexibility index (Phi) is 3.88. The number of piperidine rings is 1. The van der Waals surface area contributed by atoms with Crippen molar-refractivity contribution in [1.29, 1.82) is 0 Å². The van der Waals surface area contributed by atoms with E-state index in [1.807, 2.05) is 30.3 Å². The monoisotopic (exact) mass is 283 g/mol. The molecular formula is C17H21N3O. The molecule has 1 unspecified atom stereocenters. The highest BCUT2D eigenvalue weighted by Gasteiger charge is 2.27. The first-order valence-electron chi connectivity index (χ1n) is 7.51. The van der Waals surface area contributed by atoms with Gasteiger partial charge in [0.2, 0.25) is 0 Å². The van der Waals surface area contributed by atoms with E-state index in [9.17, 15) is 4.79 Å². The van der Waals surface area contributed by atoms with Crippen LogP contribution in [0.5, 0.6) is 0 Å². The minimum absolute atomic E-state index is 0.0360. The Bertz CT molecular complexity index is 642. The number of nitrogens with one attached hydrogen (secondary N) is 2. The Morgan fingerprint density at radius 2 is 2.24 bits per heavy atom. The maximum absolute atomic E-state index is 12.5. The third-order valence-electron chi connectivity index (χ3n) is 4.24. The minimum Gasteiger partial charge on any atom is -0.351 e. The first kappa shape index (κ1) is 14.0. The van der Waals surface area contributed by atoms with Crippen LogP contribution < -0.4 is 10.6 Å². The summed E-state index contributed by atoms with van der Waals surface area (Å²) in [5.41, 5.74) is 1.57. The number of hydrogen-bond donors (Lipinski definition) is 2. The van der Waals surface area contributed by atoms with Gasteiger partial charge in [0.25, 0.3) is 5.91 Å². The Morgan fingerprint density at radius 3 is 3.05 bits per heavy atom. The van der Waals surface area contributed by atoms with Crippen molar-refractivity contribution >= 4 is 16.8 Å². The van der Waals surface area contributed by atoms with Gasteiger partial charge in [-0.3, -0.25) is 9.78 Å². The Hall–Kier alpha value is -1.94. The van der Waals surface area contributed by atoms with Crippen molar-refractivity contribution in [1.82, 2.24) is 15.6 Å². The quantitative estimate of drug-likeness (QED) is 0.909. The zero-order chi connectivity index (χ0) is 14.7. The summed E-state index contributed by atoms with van der Waals surface area (Å²) in [7, 11) is 0. The Morgan fingerprint density at radius 1 is 1.38 bits per heavy atom. The van der Waals surface area contributed by atoms with Gasteiger partial charge >= 0.3 is 0 Å². The predicted octanol–water partition coefficient (Wildman–Crippen LogP) is 2.35.